The third kappa shape index (κ3) is 4.15. The number of rotatable bonds is 5. The molecular weight excluding hydrogens is 440 g/mol. The lowest BCUT2D eigenvalue weighted by atomic mass is 9.71. The highest BCUT2D eigenvalue weighted by Gasteiger charge is 2.44. The van der Waals surface area contributed by atoms with E-state index < -0.39 is 5.97 Å². The fourth-order valence-corrected chi connectivity index (χ4v) is 6.06. The highest BCUT2D eigenvalue weighted by molar-refractivity contribution is 6.34. The molecule has 0 spiro atoms. The van der Waals surface area contributed by atoms with Gasteiger partial charge in [-0.05, 0) is 42.9 Å². The van der Waals surface area contributed by atoms with E-state index in [-0.39, 0.29) is 36.2 Å². The van der Waals surface area contributed by atoms with Gasteiger partial charge in [-0.1, -0.05) is 60.8 Å². The fraction of sp³-hybridized carbons (Fsp3) is 0.440. The van der Waals surface area contributed by atoms with Gasteiger partial charge in [0, 0.05) is 12.6 Å². The van der Waals surface area contributed by atoms with Crippen molar-refractivity contribution >= 4 is 34.9 Å². The first-order valence-corrected chi connectivity index (χ1v) is 12.1. The van der Waals surface area contributed by atoms with E-state index >= 15 is 0 Å². The molecule has 7 nitrogen and oxygen atoms in total. The molecule has 2 heterocycles. The quantitative estimate of drug-likeness (QED) is 0.594. The van der Waals surface area contributed by atoms with Gasteiger partial charge in [-0.25, -0.2) is 0 Å². The number of likely N-dealkylation sites (tertiary alicyclic amines) is 1. The smallest absolute Gasteiger partial charge is 0.306 e. The second-order valence-electron chi connectivity index (χ2n) is 9.21. The molecule has 1 saturated heterocycles. The first kappa shape index (κ1) is 22.0. The average molecular weight is 469 g/mol. The van der Waals surface area contributed by atoms with E-state index in [0.29, 0.717) is 18.0 Å². The Morgan fingerprint density at radius 2 is 1.85 bits per heavy atom. The minimum absolute atomic E-state index is 0.0175. The largest absolute Gasteiger partial charge is 0.481 e. The summed E-state index contributed by atoms with van der Waals surface area (Å²) in [5.41, 5.74) is 9.05. The Kier molecular flexibility index (Phi) is 6.17. The summed E-state index contributed by atoms with van der Waals surface area (Å²) >= 11 is 6.38. The number of halogens is 1. The number of carboxylic acids is 1. The maximum Gasteiger partial charge on any atom is 0.306 e. The van der Waals surface area contributed by atoms with Crippen LogP contribution in [-0.4, -0.2) is 34.5 Å². The number of carboxylic acid groups (broad SMARTS) is 1. The summed E-state index contributed by atoms with van der Waals surface area (Å²) in [6, 6.07) is 15.5. The molecule has 4 atom stereocenters. The third-order valence-corrected chi connectivity index (χ3v) is 7.75. The van der Waals surface area contributed by atoms with Crippen molar-refractivity contribution in [2.24, 2.45) is 11.8 Å². The monoisotopic (exact) mass is 468 g/mol. The second kappa shape index (κ2) is 9.23. The minimum atomic E-state index is -0.720. The number of benzene rings is 2. The standard InChI is InChI=1S/C25H29ClN4O3/c26-19-10-6-12-21-24(19)27-28-30(21)22(16-7-2-1-3-8-16)15-23(31)29-14-13-18(25(32)33)17-9-4-5-11-20(17)29/h1-3,6-8,10,12,17-18,20,22,27-28H,4-5,9,11,13-15H2,(H,32,33). The topological polar surface area (TPSA) is 84.9 Å². The van der Waals surface area contributed by atoms with Crippen LogP contribution in [0.15, 0.2) is 48.5 Å². The van der Waals surface area contributed by atoms with Gasteiger partial charge in [0.25, 0.3) is 0 Å². The van der Waals surface area contributed by atoms with Gasteiger partial charge in [0.15, 0.2) is 0 Å². The van der Waals surface area contributed by atoms with Gasteiger partial charge in [-0.15, -0.1) is 5.53 Å². The van der Waals surface area contributed by atoms with Gasteiger partial charge < -0.3 is 15.4 Å². The van der Waals surface area contributed by atoms with Crippen molar-refractivity contribution in [1.82, 2.24) is 10.4 Å². The van der Waals surface area contributed by atoms with E-state index in [0.717, 1.165) is 42.6 Å². The van der Waals surface area contributed by atoms with Crippen LogP contribution in [0.4, 0.5) is 11.4 Å². The van der Waals surface area contributed by atoms with Crippen molar-refractivity contribution in [2.75, 3.05) is 17.0 Å². The van der Waals surface area contributed by atoms with E-state index in [1.54, 1.807) is 0 Å². The molecule has 5 rings (SSSR count). The van der Waals surface area contributed by atoms with Gasteiger partial charge in [0.2, 0.25) is 5.91 Å². The molecule has 2 aliphatic heterocycles. The van der Waals surface area contributed by atoms with Gasteiger partial charge >= 0.3 is 5.97 Å². The zero-order chi connectivity index (χ0) is 22.9. The number of piperidine rings is 1. The molecule has 3 aliphatic rings. The third-order valence-electron chi connectivity index (χ3n) is 7.43. The predicted molar refractivity (Wildman–Crippen MR) is 128 cm³/mol. The number of hydrogen-bond acceptors (Lipinski definition) is 5. The number of anilines is 2. The first-order chi connectivity index (χ1) is 16.0. The number of fused-ring (bicyclic) bond motifs is 2. The van der Waals surface area contributed by atoms with Crippen LogP contribution in [0.25, 0.3) is 0 Å². The van der Waals surface area contributed by atoms with Crippen LogP contribution in [-0.2, 0) is 9.59 Å². The SMILES string of the molecule is O=C(O)C1CCN(C(=O)CC(c2ccccc2)N2NNc3c(Cl)cccc32)C2CCCCC12. The van der Waals surface area contributed by atoms with Crippen molar-refractivity contribution < 1.29 is 14.7 Å². The Bertz CT molecular complexity index is 1030. The molecule has 8 heteroatoms. The van der Waals surface area contributed by atoms with Crippen molar-refractivity contribution in [3.63, 3.8) is 0 Å². The van der Waals surface area contributed by atoms with Crippen molar-refractivity contribution in [2.45, 2.75) is 50.6 Å². The summed E-state index contributed by atoms with van der Waals surface area (Å²) in [5.74, 6) is -0.943. The molecule has 0 radical (unpaired) electrons. The Morgan fingerprint density at radius 3 is 2.64 bits per heavy atom. The zero-order valence-electron chi connectivity index (χ0n) is 18.4. The van der Waals surface area contributed by atoms with Crippen LogP contribution >= 0.6 is 11.6 Å². The van der Waals surface area contributed by atoms with Crippen LogP contribution in [0.1, 0.15) is 50.1 Å². The van der Waals surface area contributed by atoms with Crippen LogP contribution < -0.4 is 16.0 Å². The Labute approximate surface area is 198 Å². The van der Waals surface area contributed by atoms with Crippen LogP contribution in [0.2, 0.25) is 5.02 Å². The van der Waals surface area contributed by atoms with Gasteiger partial charge in [-0.2, -0.15) is 0 Å². The maximum absolute atomic E-state index is 13.7. The number of hydrogen-bond donors (Lipinski definition) is 3. The lowest BCUT2D eigenvalue weighted by Crippen LogP contribution is -2.55. The van der Waals surface area contributed by atoms with Crippen LogP contribution in [0.5, 0.6) is 0 Å². The molecule has 1 saturated carbocycles. The number of aliphatic carboxylic acids is 1. The summed E-state index contributed by atoms with van der Waals surface area (Å²) in [5, 5.41) is 12.3. The molecule has 1 amide bonds. The number of amides is 1. The van der Waals surface area contributed by atoms with E-state index in [2.05, 4.69) is 11.0 Å². The Hall–Kier alpha value is -2.77. The molecule has 174 valence electrons. The average Bonchev–Trinajstić information content (AvgIpc) is 3.27. The van der Waals surface area contributed by atoms with E-state index in [1.807, 2.05) is 58.4 Å². The molecule has 0 aromatic heterocycles. The summed E-state index contributed by atoms with van der Waals surface area (Å²) in [6.07, 6.45) is 4.67. The lowest BCUT2D eigenvalue weighted by molar-refractivity contribution is -0.153. The second-order valence-corrected chi connectivity index (χ2v) is 9.61. The maximum atomic E-state index is 13.7. The number of hydrazine groups is 2. The van der Waals surface area contributed by atoms with Crippen LogP contribution in [0.3, 0.4) is 0 Å². The number of nitrogens with one attached hydrogen (secondary N) is 2. The summed E-state index contributed by atoms with van der Waals surface area (Å²) < 4.78 is 0. The first-order valence-electron chi connectivity index (χ1n) is 11.7. The van der Waals surface area contributed by atoms with Gasteiger partial charge in [0.05, 0.1) is 34.8 Å². The molecule has 0 bridgehead atoms. The number of para-hydroxylation sites is 1. The van der Waals surface area contributed by atoms with E-state index in [9.17, 15) is 14.7 Å². The van der Waals surface area contributed by atoms with E-state index in [4.69, 9.17) is 11.6 Å². The summed E-state index contributed by atoms with van der Waals surface area (Å²) in [7, 11) is 0. The predicted octanol–water partition coefficient (Wildman–Crippen LogP) is 4.61. The number of carbonyl (C=O) groups excluding carboxylic acids is 1. The fourth-order valence-electron chi connectivity index (χ4n) is 5.85. The lowest BCUT2D eigenvalue weighted by Gasteiger charge is -2.47. The number of carbonyl (C=O) groups is 2. The highest BCUT2D eigenvalue weighted by Crippen LogP contribution is 2.42. The molecule has 33 heavy (non-hydrogen) atoms. The highest BCUT2D eigenvalue weighted by atomic mass is 35.5. The molecule has 4 unspecified atom stereocenters. The Balaban J connectivity index is 1.42. The Morgan fingerprint density at radius 1 is 1.06 bits per heavy atom. The van der Waals surface area contributed by atoms with Crippen molar-refractivity contribution in [1.29, 1.82) is 0 Å². The van der Waals surface area contributed by atoms with Gasteiger partial charge in [-0.3, -0.25) is 14.6 Å². The minimum Gasteiger partial charge on any atom is -0.481 e. The van der Waals surface area contributed by atoms with Crippen molar-refractivity contribution in [3.05, 3.63) is 59.1 Å². The van der Waals surface area contributed by atoms with Crippen molar-refractivity contribution in [3.8, 4) is 0 Å². The summed E-state index contributed by atoms with van der Waals surface area (Å²) in [4.78, 5) is 27.5. The molecule has 1 aliphatic carbocycles. The summed E-state index contributed by atoms with van der Waals surface area (Å²) in [6.45, 7) is 0.507. The molecule has 2 fully saturated rings. The molecule has 2 aromatic carbocycles. The number of nitrogens with zero attached hydrogens (tertiary/aromatic N) is 2. The van der Waals surface area contributed by atoms with Crippen LogP contribution in [0, 0.1) is 11.8 Å². The molecule has 2 aromatic rings. The van der Waals surface area contributed by atoms with Gasteiger partial charge in [0.1, 0.15) is 0 Å². The van der Waals surface area contributed by atoms with E-state index in [1.165, 1.54) is 0 Å². The normalized spacial score (nSPS) is 25.1. The molecule has 3 N–H and O–H groups in total. The molecular formula is C25H29ClN4O3. The zero-order valence-corrected chi connectivity index (χ0v) is 19.2.